The number of benzene rings is 2. The van der Waals surface area contributed by atoms with E-state index in [0.29, 0.717) is 13.2 Å². The lowest BCUT2D eigenvalue weighted by Crippen LogP contribution is -2.50. The van der Waals surface area contributed by atoms with Gasteiger partial charge in [-0.2, -0.15) is 0 Å². The van der Waals surface area contributed by atoms with Crippen LogP contribution in [0.2, 0.25) is 0 Å². The van der Waals surface area contributed by atoms with Crippen LogP contribution in [0.5, 0.6) is 0 Å². The second kappa shape index (κ2) is 9.00. The molecule has 0 amide bonds. The molecule has 5 aromatic rings. The van der Waals surface area contributed by atoms with Gasteiger partial charge in [0.25, 0.3) is 0 Å². The van der Waals surface area contributed by atoms with Gasteiger partial charge in [-0.1, -0.05) is 30.0 Å². The topological polar surface area (TPSA) is 72.5 Å². The molecule has 1 N–H and O–H groups in total. The van der Waals surface area contributed by atoms with Crippen LogP contribution in [0.3, 0.4) is 0 Å². The molecule has 6 rings (SSSR count). The highest BCUT2D eigenvalue weighted by molar-refractivity contribution is 7.99. The first-order valence-electron chi connectivity index (χ1n) is 12.2. The molecule has 0 atom stereocenters. The number of aliphatic hydroxyl groups is 1. The summed E-state index contributed by atoms with van der Waals surface area (Å²) in [5.74, 6) is 0.734. The summed E-state index contributed by atoms with van der Waals surface area (Å²) in [6.07, 6.45) is 3.40. The van der Waals surface area contributed by atoms with Crippen molar-refractivity contribution in [2.24, 2.45) is 0 Å². The minimum absolute atomic E-state index is 0.312. The molecule has 7 heteroatoms. The van der Waals surface area contributed by atoms with Gasteiger partial charge >= 0.3 is 0 Å². The molecule has 0 bridgehead atoms. The van der Waals surface area contributed by atoms with Gasteiger partial charge in [0.1, 0.15) is 5.69 Å². The molecule has 1 fully saturated rings. The summed E-state index contributed by atoms with van der Waals surface area (Å²) in [6.45, 7) is 5.19. The Labute approximate surface area is 214 Å². The van der Waals surface area contributed by atoms with Crippen LogP contribution in [-0.2, 0) is 10.2 Å². The summed E-state index contributed by atoms with van der Waals surface area (Å²) >= 11 is 1.73. The van der Waals surface area contributed by atoms with Crippen LogP contribution < -0.4 is 0 Å². The highest BCUT2D eigenvalue weighted by Gasteiger charge is 2.46. The fourth-order valence-electron chi connectivity index (χ4n) is 5.37. The Morgan fingerprint density at radius 1 is 0.917 bits per heavy atom. The minimum atomic E-state index is -0.835. The van der Waals surface area contributed by atoms with E-state index in [-0.39, 0.29) is 5.41 Å². The Morgan fingerprint density at radius 2 is 1.75 bits per heavy atom. The van der Waals surface area contributed by atoms with Crippen molar-refractivity contribution in [3.63, 3.8) is 0 Å². The van der Waals surface area contributed by atoms with Gasteiger partial charge in [-0.15, -0.1) is 10.2 Å². The summed E-state index contributed by atoms with van der Waals surface area (Å²) < 4.78 is 7.70. The predicted molar refractivity (Wildman–Crippen MR) is 142 cm³/mol. The van der Waals surface area contributed by atoms with Gasteiger partial charge < -0.3 is 9.84 Å². The van der Waals surface area contributed by atoms with Gasteiger partial charge in [-0.25, -0.2) is 0 Å². The third-order valence-corrected chi connectivity index (χ3v) is 8.35. The Morgan fingerprint density at radius 3 is 2.53 bits per heavy atom. The molecule has 4 heterocycles. The van der Waals surface area contributed by atoms with E-state index in [1.54, 1.807) is 18.0 Å². The number of pyridine rings is 2. The number of rotatable bonds is 5. The molecule has 1 aliphatic heterocycles. The lowest BCUT2D eigenvalue weighted by molar-refractivity contribution is -0.0663. The van der Waals surface area contributed by atoms with Crippen molar-refractivity contribution in [2.75, 3.05) is 13.2 Å². The summed E-state index contributed by atoms with van der Waals surface area (Å²) in [7, 11) is 0. The Balaban J connectivity index is 1.36. The van der Waals surface area contributed by atoms with Crippen LogP contribution in [0.15, 0.2) is 88.8 Å². The number of ether oxygens (including phenoxy) is 1. The normalized spacial score (nSPS) is 16.0. The number of hydrogen-bond donors (Lipinski definition) is 1. The molecule has 0 aliphatic carbocycles. The smallest absolute Gasteiger partial charge is 0.187 e. The number of hydrogen-bond acceptors (Lipinski definition) is 6. The van der Waals surface area contributed by atoms with Gasteiger partial charge in [0.05, 0.1) is 11.1 Å². The number of nitrogens with zero attached hydrogens (tertiary/aromatic N) is 4. The first-order chi connectivity index (χ1) is 17.4. The molecule has 0 radical (unpaired) electrons. The van der Waals surface area contributed by atoms with Crippen LogP contribution in [0.4, 0.5) is 0 Å². The van der Waals surface area contributed by atoms with Crippen molar-refractivity contribution in [3.05, 3.63) is 84.6 Å². The fourth-order valence-corrected chi connectivity index (χ4v) is 6.29. The van der Waals surface area contributed by atoms with E-state index in [4.69, 9.17) is 4.74 Å². The lowest BCUT2D eigenvalue weighted by Gasteiger charge is -2.46. The average molecular weight is 497 g/mol. The average Bonchev–Trinajstić information content (AvgIpc) is 3.34. The summed E-state index contributed by atoms with van der Waals surface area (Å²) in [4.78, 5) is 6.77. The SMILES string of the molecule is CC(C)(O)C1(c2cccc(Sc3ccc4c(ccc5nnc(-c6ccccn6)n54)c3)c2)CCOCC1. The minimum Gasteiger partial charge on any atom is -0.390 e. The molecular weight excluding hydrogens is 468 g/mol. The maximum atomic E-state index is 11.1. The second-order valence-corrected chi connectivity index (χ2v) is 11.0. The summed E-state index contributed by atoms with van der Waals surface area (Å²) in [5.41, 5.74) is 2.66. The van der Waals surface area contributed by atoms with Crippen molar-refractivity contribution in [1.82, 2.24) is 19.6 Å². The van der Waals surface area contributed by atoms with Crippen LogP contribution >= 0.6 is 11.8 Å². The molecule has 0 spiro atoms. The first-order valence-corrected chi connectivity index (χ1v) is 13.0. The van der Waals surface area contributed by atoms with Gasteiger partial charge in [-0.05, 0) is 92.2 Å². The third kappa shape index (κ3) is 3.97. The standard InChI is InChI=1S/C29H28N4O2S/c1-28(2,34)29(13-16-35-17-14-29)21-6-5-7-22(19-21)36-23-10-11-25-20(18-23)9-12-26-31-32-27(33(25)26)24-8-3-4-15-30-24/h3-12,15,18-19,34H,13-14,16-17H2,1-2H3. The Kier molecular flexibility index (Phi) is 5.79. The third-order valence-electron chi connectivity index (χ3n) is 7.37. The van der Waals surface area contributed by atoms with Crippen molar-refractivity contribution >= 4 is 28.3 Å². The van der Waals surface area contributed by atoms with Crippen LogP contribution in [0, 0.1) is 0 Å². The molecule has 1 aliphatic rings. The molecule has 0 unspecified atom stereocenters. The molecule has 1 saturated heterocycles. The van der Waals surface area contributed by atoms with E-state index in [1.165, 1.54) is 5.56 Å². The molecule has 0 saturated carbocycles. The summed E-state index contributed by atoms with van der Waals surface area (Å²) in [5, 5.41) is 21.0. The lowest BCUT2D eigenvalue weighted by atomic mass is 9.64. The monoisotopic (exact) mass is 496 g/mol. The summed E-state index contributed by atoms with van der Waals surface area (Å²) in [6, 6.07) is 25.0. The number of fused-ring (bicyclic) bond motifs is 3. The predicted octanol–water partition coefficient (Wildman–Crippen LogP) is 5.91. The molecule has 182 valence electrons. The Bertz CT molecular complexity index is 1540. The maximum absolute atomic E-state index is 11.1. The zero-order chi connectivity index (χ0) is 24.8. The van der Waals surface area contributed by atoms with Gasteiger partial charge in [0, 0.05) is 34.6 Å². The molecule has 2 aromatic carbocycles. The van der Waals surface area contributed by atoms with E-state index in [9.17, 15) is 5.11 Å². The quantitative estimate of drug-likeness (QED) is 0.326. The second-order valence-electron chi connectivity index (χ2n) is 9.87. The Hall–Kier alpha value is -3.26. The maximum Gasteiger partial charge on any atom is 0.187 e. The zero-order valence-corrected chi connectivity index (χ0v) is 21.2. The van der Waals surface area contributed by atoms with Crippen molar-refractivity contribution in [1.29, 1.82) is 0 Å². The van der Waals surface area contributed by atoms with E-state index in [0.717, 1.165) is 50.7 Å². The first kappa shape index (κ1) is 23.2. The van der Waals surface area contributed by atoms with E-state index < -0.39 is 5.60 Å². The fraction of sp³-hybridized carbons (Fsp3) is 0.276. The molecule has 3 aromatic heterocycles. The molecule has 6 nitrogen and oxygen atoms in total. The van der Waals surface area contributed by atoms with Gasteiger partial charge in [0.2, 0.25) is 0 Å². The van der Waals surface area contributed by atoms with Crippen molar-refractivity contribution < 1.29 is 9.84 Å². The molecule has 36 heavy (non-hydrogen) atoms. The van der Waals surface area contributed by atoms with E-state index >= 15 is 0 Å². The van der Waals surface area contributed by atoms with Gasteiger partial charge in [-0.3, -0.25) is 9.38 Å². The van der Waals surface area contributed by atoms with Crippen LogP contribution in [0.25, 0.3) is 28.1 Å². The van der Waals surface area contributed by atoms with E-state index in [2.05, 4.69) is 68.1 Å². The van der Waals surface area contributed by atoms with Gasteiger partial charge in [0.15, 0.2) is 11.5 Å². The van der Waals surface area contributed by atoms with Crippen LogP contribution in [0.1, 0.15) is 32.3 Å². The zero-order valence-electron chi connectivity index (χ0n) is 20.4. The van der Waals surface area contributed by atoms with Crippen molar-refractivity contribution in [3.8, 4) is 11.5 Å². The number of aromatic nitrogens is 4. The van der Waals surface area contributed by atoms with Crippen molar-refractivity contribution in [2.45, 2.75) is 47.5 Å². The van der Waals surface area contributed by atoms with Crippen LogP contribution in [-0.4, -0.2) is 43.5 Å². The molecular formula is C29H28N4O2S. The van der Waals surface area contributed by atoms with E-state index in [1.807, 2.05) is 38.1 Å². The highest BCUT2D eigenvalue weighted by Crippen LogP contribution is 2.45. The largest absolute Gasteiger partial charge is 0.390 e. The highest BCUT2D eigenvalue weighted by atomic mass is 32.2.